The SMILES string of the molecule is Cc1n[nH]c(C)c1[C@H](C)NC(=O)c1ccc2n[nH]nc2c1. The van der Waals surface area contributed by atoms with Crippen LogP contribution in [0.25, 0.3) is 11.0 Å². The summed E-state index contributed by atoms with van der Waals surface area (Å²) in [7, 11) is 0. The van der Waals surface area contributed by atoms with Crippen molar-refractivity contribution in [2.24, 2.45) is 0 Å². The van der Waals surface area contributed by atoms with Crippen molar-refractivity contribution in [2.75, 3.05) is 0 Å². The highest BCUT2D eigenvalue weighted by Gasteiger charge is 2.17. The molecule has 0 saturated carbocycles. The second-order valence-corrected chi connectivity index (χ2v) is 5.07. The number of aromatic nitrogens is 5. The van der Waals surface area contributed by atoms with Gasteiger partial charge >= 0.3 is 0 Å². The molecule has 0 aliphatic heterocycles. The molecule has 7 nitrogen and oxygen atoms in total. The predicted molar refractivity (Wildman–Crippen MR) is 77.8 cm³/mol. The summed E-state index contributed by atoms with van der Waals surface area (Å²) in [6.45, 7) is 5.81. The molecule has 3 rings (SSSR count). The molecular weight excluding hydrogens is 268 g/mol. The Kier molecular flexibility index (Phi) is 3.17. The van der Waals surface area contributed by atoms with E-state index in [9.17, 15) is 4.79 Å². The Morgan fingerprint density at radius 1 is 1.19 bits per heavy atom. The molecule has 108 valence electrons. The van der Waals surface area contributed by atoms with Crippen LogP contribution in [0.15, 0.2) is 18.2 Å². The smallest absolute Gasteiger partial charge is 0.251 e. The molecule has 0 spiro atoms. The lowest BCUT2D eigenvalue weighted by molar-refractivity contribution is 0.0940. The summed E-state index contributed by atoms with van der Waals surface area (Å²) in [6, 6.07) is 5.11. The van der Waals surface area contributed by atoms with Gasteiger partial charge in [0.2, 0.25) is 0 Å². The van der Waals surface area contributed by atoms with E-state index in [0.717, 1.165) is 22.5 Å². The number of nitrogens with one attached hydrogen (secondary N) is 3. The molecule has 2 aromatic heterocycles. The number of amides is 1. The van der Waals surface area contributed by atoms with Gasteiger partial charge in [-0.1, -0.05) is 0 Å². The van der Waals surface area contributed by atoms with Crippen LogP contribution < -0.4 is 5.32 Å². The molecule has 0 bridgehead atoms. The average Bonchev–Trinajstić information content (AvgIpc) is 3.04. The third kappa shape index (κ3) is 2.37. The van der Waals surface area contributed by atoms with Crippen LogP contribution in [0.4, 0.5) is 0 Å². The van der Waals surface area contributed by atoms with Crippen molar-refractivity contribution in [1.82, 2.24) is 30.9 Å². The van der Waals surface area contributed by atoms with Crippen molar-refractivity contribution in [3.8, 4) is 0 Å². The Hall–Kier alpha value is -2.70. The Morgan fingerprint density at radius 2 is 1.95 bits per heavy atom. The number of aryl methyl sites for hydroxylation is 2. The van der Waals surface area contributed by atoms with Gasteiger partial charge in [0.15, 0.2) is 0 Å². The van der Waals surface area contributed by atoms with Crippen LogP contribution in [0.3, 0.4) is 0 Å². The number of nitrogens with zero attached hydrogens (tertiary/aromatic N) is 3. The van der Waals surface area contributed by atoms with E-state index in [0.29, 0.717) is 11.1 Å². The summed E-state index contributed by atoms with van der Waals surface area (Å²) >= 11 is 0. The number of hydrogen-bond donors (Lipinski definition) is 3. The maximum absolute atomic E-state index is 12.3. The Bertz CT molecular complexity index is 783. The normalized spacial score (nSPS) is 12.5. The maximum Gasteiger partial charge on any atom is 0.251 e. The zero-order chi connectivity index (χ0) is 15.0. The van der Waals surface area contributed by atoms with Gasteiger partial charge in [0.25, 0.3) is 5.91 Å². The molecule has 3 N–H and O–H groups in total. The minimum atomic E-state index is -0.146. The number of hydrogen-bond acceptors (Lipinski definition) is 4. The van der Waals surface area contributed by atoms with E-state index >= 15 is 0 Å². The molecule has 0 fully saturated rings. The Balaban J connectivity index is 1.82. The molecule has 1 atom stereocenters. The fourth-order valence-corrected chi connectivity index (χ4v) is 2.53. The quantitative estimate of drug-likeness (QED) is 0.682. The predicted octanol–water partition coefficient (Wildman–Crippen LogP) is 1.79. The summed E-state index contributed by atoms with van der Waals surface area (Å²) in [6.07, 6.45) is 0. The van der Waals surface area contributed by atoms with Gasteiger partial charge in [-0.05, 0) is 39.0 Å². The van der Waals surface area contributed by atoms with Crippen LogP contribution in [0, 0.1) is 13.8 Å². The fourth-order valence-electron chi connectivity index (χ4n) is 2.53. The summed E-state index contributed by atoms with van der Waals surface area (Å²) in [5.74, 6) is -0.146. The third-order valence-electron chi connectivity index (χ3n) is 3.54. The molecule has 0 radical (unpaired) electrons. The van der Waals surface area contributed by atoms with Crippen molar-refractivity contribution in [2.45, 2.75) is 26.8 Å². The largest absolute Gasteiger partial charge is 0.345 e. The molecule has 1 aromatic carbocycles. The highest BCUT2D eigenvalue weighted by Crippen LogP contribution is 2.20. The molecular formula is C14H16N6O. The van der Waals surface area contributed by atoms with E-state index in [4.69, 9.17) is 0 Å². The standard InChI is InChI=1S/C14H16N6O/c1-7(13-8(2)16-17-9(13)3)15-14(21)10-4-5-11-12(6-10)19-20-18-11/h4-7H,1-3H3,(H,15,21)(H,16,17)(H,18,19,20)/t7-/m0/s1. The number of benzene rings is 1. The zero-order valence-corrected chi connectivity index (χ0v) is 12.1. The lowest BCUT2D eigenvalue weighted by atomic mass is 10.1. The van der Waals surface area contributed by atoms with Crippen LogP contribution in [0.1, 0.15) is 40.3 Å². The number of rotatable bonds is 3. The van der Waals surface area contributed by atoms with Crippen molar-refractivity contribution < 1.29 is 4.79 Å². The van der Waals surface area contributed by atoms with Crippen LogP contribution in [-0.4, -0.2) is 31.5 Å². The second-order valence-electron chi connectivity index (χ2n) is 5.07. The van der Waals surface area contributed by atoms with Gasteiger partial charge in [-0.2, -0.15) is 20.5 Å². The molecule has 0 aliphatic carbocycles. The van der Waals surface area contributed by atoms with Crippen LogP contribution in [-0.2, 0) is 0 Å². The zero-order valence-electron chi connectivity index (χ0n) is 12.1. The first-order valence-electron chi connectivity index (χ1n) is 6.69. The van der Waals surface area contributed by atoms with E-state index in [1.165, 1.54) is 0 Å². The average molecular weight is 284 g/mol. The monoisotopic (exact) mass is 284 g/mol. The molecule has 1 amide bonds. The van der Waals surface area contributed by atoms with Crippen molar-refractivity contribution in [3.63, 3.8) is 0 Å². The van der Waals surface area contributed by atoms with E-state index in [-0.39, 0.29) is 11.9 Å². The fraction of sp³-hybridized carbons (Fsp3) is 0.286. The molecule has 0 saturated heterocycles. The summed E-state index contributed by atoms with van der Waals surface area (Å²) in [5.41, 5.74) is 4.85. The van der Waals surface area contributed by atoms with Crippen molar-refractivity contribution >= 4 is 16.9 Å². The lowest BCUT2D eigenvalue weighted by Gasteiger charge is -2.14. The molecule has 21 heavy (non-hydrogen) atoms. The van der Waals surface area contributed by atoms with E-state index in [1.54, 1.807) is 18.2 Å². The van der Waals surface area contributed by atoms with Gasteiger partial charge in [0.1, 0.15) is 11.0 Å². The first kappa shape index (κ1) is 13.3. The topological polar surface area (TPSA) is 99.4 Å². The highest BCUT2D eigenvalue weighted by molar-refractivity contribution is 5.97. The molecule has 2 heterocycles. The van der Waals surface area contributed by atoms with Crippen molar-refractivity contribution in [3.05, 3.63) is 40.7 Å². The third-order valence-corrected chi connectivity index (χ3v) is 3.54. The number of aromatic amines is 2. The molecule has 0 aliphatic rings. The molecule has 0 unspecified atom stereocenters. The van der Waals surface area contributed by atoms with Gasteiger partial charge in [0, 0.05) is 16.8 Å². The maximum atomic E-state index is 12.3. The molecule has 3 aromatic rings. The first-order valence-corrected chi connectivity index (χ1v) is 6.69. The minimum absolute atomic E-state index is 0.121. The molecule has 7 heteroatoms. The minimum Gasteiger partial charge on any atom is -0.345 e. The van der Waals surface area contributed by atoms with Crippen LogP contribution >= 0.6 is 0 Å². The first-order chi connectivity index (χ1) is 10.1. The van der Waals surface area contributed by atoms with E-state index in [1.807, 2.05) is 20.8 Å². The second kappa shape index (κ2) is 5.01. The summed E-state index contributed by atoms with van der Waals surface area (Å²) < 4.78 is 0. The van der Waals surface area contributed by atoms with Gasteiger partial charge < -0.3 is 5.32 Å². The van der Waals surface area contributed by atoms with Gasteiger partial charge in [-0.3, -0.25) is 9.89 Å². The van der Waals surface area contributed by atoms with Crippen molar-refractivity contribution in [1.29, 1.82) is 0 Å². The van der Waals surface area contributed by atoms with Crippen LogP contribution in [0.2, 0.25) is 0 Å². The Morgan fingerprint density at radius 3 is 2.67 bits per heavy atom. The number of carbonyl (C=O) groups is 1. The summed E-state index contributed by atoms with van der Waals surface area (Å²) in [5, 5.41) is 20.5. The van der Waals surface area contributed by atoms with E-state index in [2.05, 4.69) is 30.9 Å². The Labute approximate surface area is 121 Å². The van der Waals surface area contributed by atoms with Crippen LogP contribution in [0.5, 0.6) is 0 Å². The number of H-pyrrole nitrogens is 2. The van der Waals surface area contributed by atoms with Gasteiger partial charge in [-0.25, -0.2) is 0 Å². The number of fused-ring (bicyclic) bond motifs is 1. The van der Waals surface area contributed by atoms with Gasteiger partial charge in [0.05, 0.1) is 11.7 Å². The van der Waals surface area contributed by atoms with Gasteiger partial charge in [-0.15, -0.1) is 0 Å². The summed E-state index contributed by atoms with van der Waals surface area (Å²) in [4.78, 5) is 12.3. The number of carbonyl (C=O) groups excluding carboxylic acids is 1. The van der Waals surface area contributed by atoms with E-state index < -0.39 is 0 Å². The lowest BCUT2D eigenvalue weighted by Crippen LogP contribution is -2.27. The highest BCUT2D eigenvalue weighted by atomic mass is 16.1.